The summed E-state index contributed by atoms with van der Waals surface area (Å²) in [5.41, 5.74) is 0.785. The molecule has 0 radical (unpaired) electrons. The minimum Gasteiger partial charge on any atom is -0.497 e. The van der Waals surface area contributed by atoms with Crippen molar-refractivity contribution in [3.05, 3.63) is 71.0 Å². The molecular formula is C23H23N3O6S. The van der Waals surface area contributed by atoms with E-state index >= 15 is 0 Å². The Morgan fingerprint density at radius 1 is 1.03 bits per heavy atom. The van der Waals surface area contributed by atoms with Crippen LogP contribution in [-0.4, -0.2) is 30.6 Å². The van der Waals surface area contributed by atoms with E-state index in [1.54, 1.807) is 18.2 Å². The van der Waals surface area contributed by atoms with E-state index in [2.05, 4.69) is 5.32 Å². The Hall–Kier alpha value is -3.79. The van der Waals surface area contributed by atoms with Crippen molar-refractivity contribution >= 4 is 32.5 Å². The van der Waals surface area contributed by atoms with Gasteiger partial charge in [0.2, 0.25) is 9.84 Å². The minimum atomic E-state index is -4.06. The van der Waals surface area contributed by atoms with Gasteiger partial charge in [0.1, 0.15) is 5.75 Å². The van der Waals surface area contributed by atoms with Crippen molar-refractivity contribution in [3.63, 3.8) is 0 Å². The highest BCUT2D eigenvalue weighted by atomic mass is 32.2. The van der Waals surface area contributed by atoms with Crippen LogP contribution in [0.4, 0.5) is 5.69 Å². The third-order valence-electron chi connectivity index (χ3n) is 5.41. The summed E-state index contributed by atoms with van der Waals surface area (Å²) < 4.78 is 40.5. The highest BCUT2D eigenvalue weighted by Gasteiger charge is 2.26. The van der Waals surface area contributed by atoms with Crippen LogP contribution in [0.25, 0.3) is 11.0 Å². The van der Waals surface area contributed by atoms with E-state index in [-0.39, 0.29) is 26.9 Å². The Balaban J connectivity index is 1.97. The van der Waals surface area contributed by atoms with Crippen molar-refractivity contribution < 1.29 is 22.4 Å². The topological polar surface area (TPSA) is 113 Å². The summed E-state index contributed by atoms with van der Waals surface area (Å²) in [6, 6.07) is 11.9. The number of fused-ring (bicyclic) bond motifs is 1. The molecule has 0 spiro atoms. The van der Waals surface area contributed by atoms with E-state index in [4.69, 9.17) is 9.15 Å². The number of hydrogen-bond donors (Lipinski definition) is 1. The Morgan fingerprint density at radius 3 is 2.21 bits per heavy atom. The second kappa shape index (κ2) is 8.62. The summed E-state index contributed by atoms with van der Waals surface area (Å²) >= 11 is 0. The Labute approximate surface area is 190 Å². The lowest BCUT2D eigenvalue weighted by Crippen LogP contribution is -2.23. The van der Waals surface area contributed by atoms with E-state index in [1.807, 2.05) is 13.8 Å². The van der Waals surface area contributed by atoms with E-state index in [9.17, 15) is 18.0 Å². The fraction of sp³-hybridized carbons (Fsp3) is 0.217. The quantitative estimate of drug-likeness (QED) is 0.443. The largest absolute Gasteiger partial charge is 0.497 e. The molecule has 33 heavy (non-hydrogen) atoms. The molecule has 0 aliphatic rings. The molecule has 0 fully saturated rings. The molecule has 4 rings (SSSR count). The van der Waals surface area contributed by atoms with Gasteiger partial charge in [-0.25, -0.2) is 13.2 Å². The van der Waals surface area contributed by atoms with Crippen LogP contribution in [0.15, 0.2) is 73.8 Å². The molecular weight excluding hydrogens is 446 g/mol. The molecule has 2 aromatic carbocycles. The molecule has 2 aromatic heterocycles. The standard InChI is InChI=1S/C23H23N3O6S/c1-4-25-18-13-17(24-22(27)20-7-6-12-32-20)21(14-19(18)26(5-2)23(25)28)33(29,30)16-10-8-15(31-3)9-11-16/h6-14H,4-5H2,1-3H3,(H,24,27). The number of sulfone groups is 1. The summed E-state index contributed by atoms with van der Waals surface area (Å²) in [4.78, 5) is 25.4. The maximum Gasteiger partial charge on any atom is 0.329 e. The molecule has 4 aromatic rings. The number of nitrogens with zero attached hydrogens (tertiary/aromatic N) is 2. The summed E-state index contributed by atoms with van der Waals surface area (Å²) in [7, 11) is -2.57. The molecule has 0 atom stereocenters. The summed E-state index contributed by atoms with van der Waals surface area (Å²) in [5.74, 6) is -0.0663. The van der Waals surface area contributed by atoms with Crippen LogP contribution in [0.5, 0.6) is 5.75 Å². The maximum atomic E-state index is 13.6. The summed E-state index contributed by atoms with van der Waals surface area (Å²) in [6.07, 6.45) is 1.35. The lowest BCUT2D eigenvalue weighted by atomic mass is 10.2. The molecule has 172 valence electrons. The predicted molar refractivity (Wildman–Crippen MR) is 123 cm³/mol. The van der Waals surface area contributed by atoms with Gasteiger partial charge in [-0.15, -0.1) is 0 Å². The van der Waals surface area contributed by atoms with E-state index in [0.29, 0.717) is 29.9 Å². The van der Waals surface area contributed by atoms with Gasteiger partial charge in [0, 0.05) is 13.1 Å². The Morgan fingerprint density at radius 2 is 1.67 bits per heavy atom. The number of furan rings is 1. The molecule has 0 saturated heterocycles. The smallest absolute Gasteiger partial charge is 0.329 e. The van der Waals surface area contributed by atoms with E-state index in [0.717, 1.165) is 0 Å². The number of aromatic nitrogens is 2. The fourth-order valence-corrected chi connectivity index (χ4v) is 5.16. The summed E-state index contributed by atoms with van der Waals surface area (Å²) in [5, 5.41) is 2.64. The van der Waals surface area contributed by atoms with Gasteiger partial charge < -0.3 is 14.5 Å². The lowest BCUT2D eigenvalue weighted by Gasteiger charge is -2.13. The number of hydrogen-bond acceptors (Lipinski definition) is 6. The van der Waals surface area contributed by atoms with Gasteiger partial charge in [-0.2, -0.15) is 0 Å². The number of rotatable bonds is 7. The lowest BCUT2D eigenvalue weighted by molar-refractivity contribution is 0.0996. The first kappa shape index (κ1) is 22.4. The average molecular weight is 470 g/mol. The van der Waals surface area contributed by atoms with E-state index in [1.165, 1.54) is 52.8 Å². The van der Waals surface area contributed by atoms with Crippen molar-refractivity contribution in [1.29, 1.82) is 0 Å². The second-order valence-electron chi connectivity index (χ2n) is 7.22. The zero-order chi connectivity index (χ0) is 23.8. The number of methoxy groups -OCH3 is 1. The number of benzene rings is 2. The van der Waals surface area contributed by atoms with Crippen LogP contribution in [0, 0.1) is 0 Å². The van der Waals surface area contributed by atoms with Crippen LogP contribution in [0.3, 0.4) is 0 Å². The van der Waals surface area contributed by atoms with Gasteiger partial charge >= 0.3 is 5.69 Å². The normalized spacial score (nSPS) is 11.6. The zero-order valence-electron chi connectivity index (χ0n) is 18.4. The third kappa shape index (κ3) is 3.82. The molecule has 1 amide bonds. The van der Waals surface area contributed by atoms with Gasteiger partial charge in [-0.3, -0.25) is 13.9 Å². The Kier molecular flexibility index (Phi) is 5.86. The molecule has 0 bridgehead atoms. The Bertz CT molecular complexity index is 1480. The molecule has 2 heterocycles. The molecule has 0 aliphatic heterocycles. The predicted octanol–water partition coefficient (Wildman–Crippen LogP) is 3.53. The summed E-state index contributed by atoms with van der Waals surface area (Å²) in [6.45, 7) is 4.38. The number of imidazole rings is 1. The number of amides is 1. The number of anilines is 1. The first-order valence-electron chi connectivity index (χ1n) is 10.3. The van der Waals surface area contributed by atoms with Crippen LogP contribution in [0.2, 0.25) is 0 Å². The fourth-order valence-electron chi connectivity index (χ4n) is 3.75. The second-order valence-corrected chi connectivity index (χ2v) is 9.14. The van der Waals surface area contributed by atoms with Crippen molar-refractivity contribution in [2.45, 2.75) is 36.7 Å². The molecule has 0 unspecified atom stereocenters. The molecule has 9 nitrogen and oxygen atoms in total. The van der Waals surface area contributed by atoms with Crippen molar-refractivity contribution in [2.24, 2.45) is 0 Å². The number of carbonyl (C=O) groups excluding carboxylic acids is 1. The van der Waals surface area contributed by atoms with Crippen molar-refractivity contribution in [2.75, 3.05) is 12.4 Å². The van der Waals surface area contributed by atoms with Crippen LogP contribution >= 0.6 is 0 Å². The number of carbonyl (C=O) groups is 1. The number of ether oxygens (including phenoxy) is 1. The van der Waals surface area contributed by atoms with Crippen LogP contribution in [0.1, 0.15) is 24.4 Å². The minimum absolute atomic E-state index is 0.0245. The first-order valence-corrected chi connectivity index (χ1v) is 11.8. The van der Waals surface area contributed by atoms with Gasteiger partial charge in [0.05, 0.1) is 39.9 Å². The highest BCUT2D eigenvalue weighted by molar-refractivity contribution is 7.91. The number of nitrogens with one attached hydrogen (secondary N) is 1. The van der Waals surface area contributed by atoms with Crippen LogP contribution in [-0.2, 0) is 22.9 Å². The van der Waals surface area contributed by atoms with Gasteiger partial charge in [0.15, 0.2) is 5.76 Å². The van der Waals surface area contributed by atoms with Gasteiger partial charge in [-0.1, -0.05) is 0 Å². The third-order valence-corrected chi connectivity index (χ3v) is 7.21. The first-order chi connectivity index (χ1) is 15.8. The molecule has 0 saturated carbocycles. The average Bonchev–Trinajstić information content (AvgIpc) is 3.44. The van der Waals surface area contributed by atoms with Gasteiger partial charge in [-0.05, 0) is 62.4 Å². The van der Waals surface area contributed by atoms with Gasteiger partial charge in [0.25, 0.3) is 5.91 Å². The highest BCUT2D eigenvalue weighted by Crippen LogP contribution is 2.33. The van der Waals surface area contributed by atoms with E-state index < -0.39 is 15.7 Å². The SMILES string of the molecule is CCn1c(=O)n(CC)c2cc(S(=O)(=O)c3ccc(OC)cc3)c(NC(=O)c3ccco3)cc21. The maximum absolute atomic E-state index is 13.6. The molecule has 0 aliphatic carbocycles. The number of aryl methyl sites for hydroxylation is 2. The molecule has 10 heteroatoms. The van der Waals surface area contributed by atoms with Crippen LogP contribution < -0.4 is 15.7 Å². The van der Waals surface area contributed by atoms with Crippen molar-refractivity contribution in [1.82, 2.24) is 9.13 Å². The zero-order valence-corrected chi connectivity index (χ0v) is 19.2. The molecule has 1 N–H and O–H groups in total. The monoisotopic (exact) mass is 469 g/mol. The van der Waals surface area contributed by atoms with Crippen molar-refractivity contribution in [3.8, 4) is 5.75 Å².